The van der Waals surface area contributed by atoms with Gasteiger partial charge >= 0.3 is 6.03 Å². The molecule has 0 aromatic heterocycles. The van der Waals surface area contributed by atoms with E-state index in [1.165, 1.54) is 5.56 Å². The van der Waals surface area contributed by atoms with Crippen LogP contribution in [-0.4, -0.2) is 42.3 Å². The highest BCUT2D eigenvalue weighted by Crippen LogP contribution is 2.46. The van der Waals surface area contributed by atoms with Gasteiger partial charge in [0.1, 0.15) is 0 Å². The fourth-order valence-corrected chi connectivity index (χ4v) is 2.62. The Balaban J connectivity index is 1.75. The maximum atomic E-state index is 12.0. The van der Waals surface area contributed by atoms with Gasteiger partial charge in [-0.1, -0.05) is 37.3 Å². The number of nitrogens with zero attached hydrogens (tertiary/aromatic N) is 1. The number of urea groups is 1. The molecule has 2 amide bonds. The van der Waals surface area contributed by atoms with E-state index in [2.05, 4.69) is 29.6 Å². The number of hydrogen-bond donors (Lipinski definition) is 2. The maximum absolute atomic E-state index is 12.0. The monoisotopic (exact) mass is 276 g/mol. The Morgan fingerprint density at radius 2 is 2.10 bits per heavy atom. The first-order valence-electron chi connectivity index (χ1n) is 7.44. The number of carbonyl (C=O) groups excluding carboxylic acids is 1. The van der Waals surface area contributed by atoms with Crippen LogP contribution in [-0.2, 0) is 0 Å². The first-order chi connectivity index (χ1) is 9.76. The molecule has 0 saturated heterocycles. The Morgan fingerprint density at radius 1 is 1.35 bits per heavy atom. The van der Waals surface area contributed by atoms with E-state index in [1.807, 2.05) is 13.0 Å². The van der Waals surface area contributed by atoms with Gasteiger partial charge in [-0.3, -0.25) is 0 Å². The molecular formula is C16H24N2O2. The van der Waals surface area contributed by atoms with Crippen LogP contribution in [0.3, 0.4) is 0 Å². The van der Waals surface area contributed by atoms with Crippen molar-refractivity contribution in [3.05, 3.63) is 35.9 Å². The molecule has 0 aliphatic heterocycles. The van der Waals surface area contributed by atoms with Gasteiger partial charge in [0.15, 0.2) is 0 Å². The van der Waals surface area contributed by atoms with E-state index < -0.39 is 0 Å². The van der Waals surface area contributed by atoms with Crippen LogP contribution in [0.2, 0.25) is 0 Å². The Labute approximate surface area is 120 Å². The molecule has 4 heteroatoms. The van der Waals surface area contributed by atoms with Gasteiger partial charge in [-0.15, -0.1) is 0 Å². The molecular weight excluding hydrogens is 252 g/mol. The highest BCUT2D eigenvalue weighted by molar-refractivity contribution is 5.74. The minimum Gasteiger partial charge on any atom is -0.395 e. The summed E-state index contributed by atoms with van der Waals surface area (Å²) in [4.78, 5) is 13.7. The molecule has 1 saturated carbocycles. The molecule has 2 rings (SSSR count). The lowest BCUT2D eigenvalue weighted by molar-refractivity contribution is 0.177. The van der Waals surface area contributed by atoms with Crippen LogP contribution in [0.5, 0.6) is 0 Å². The molecule has 1 aliphatic rings. The second-order valence-corrected chi connectivity index (χ2v) is 5.41. The van der Waals surface area contributed by atoms with Gasteiger partial charge in [-0.2, -0.15) is 0 Å². The molecule has 0 radical (unpaired) electrons. The van der Waals surface area contributed by atoms with Crippen LogP contribution < -0.4 is 5.32 Å². The summed E-state index contributed by atoms with van der Waals surface area (Å²) in [5.41, 5.74) is 1.37. The standard InChI is InChI=1S/C16H24N2O2/c1-2-8-18(9-10-19)16(20)17-12-14-11-15(14)13-6-4-3-5-7-13/h3-7,14-15,19H,2,8-12H2,1H3,(H,17,20). The molecule has 1 aromatic carbocycles. The van der Waals surface area contributed by atoms with Crippen LogP contribution in [0.1, 0.15) is 31.2 Å². The summed E-state index contributed by atoms with van der Waals surface area (Å²) < 4.78 is 0. The zero-order valence-electron chi connectivity index (χ0n) is 12.1. The number of hydrogen-bond acceptors (Lipinski definition) is 2. The molecule has 2 atom stereocenters. The van der Waals surface area contributed by atoms with Gasteiger partial charge in [0, 0.05) is 19.6 Å². The van der Waals surface area contributed by atoms with Gasteiger partial charge in [0.05, 0.1) is 6.61 Å². The molecule has 1 fully saturated rings. The predicted molar refractivity (Wildman–Crippen MR) is 79.6 cm³/mol. The summed E-state index contributed by atoms with van der Waals surface area (Å²) in [7, 11) is 0. The van der Waals surface area contributed by atoms with E-state index in [9.17, 15) is 4.79 Å². The fourth-order valence-electron chi connectivity index (χ4n) is 2.62. The van der Waals surface area contributed by atoms with Crippen LogP contribution >= 0.6 is 0 Å². The second-order valence-electron chi connectivity index (χ2n) is 5.41. The highest BCUT2D eigenvalue weighted by atomic mass is 16.3. The van der Waals surface area contributed by atoms with Gasteiger partial charge < -0.3 is 15.3 Å². The smallest absolute Gasteiger partial charge is 0.317 e. The summed E-state index contributed by atoms with van der Waals surface area (Å²) in [5, 5.41) is 12.0. The van der Waals surface area contributed by atoms with Crippen molar-refractivity contribution in [2.24, 2.45) is 5.92 Å². The normalized spacial score (nSPS) is 20.5. The number of aliphatic hydroxyl groups excluding tert-OH is 1. The molecule has 1 aromatic rings. The van der Waals surface area contributed by atoms with Gasteiger partial charge in [0.2, 0.25) is 0 Å². The first kappa shape index (κ1) is 14.9. The zero-order chi connectivity index (χ0) is 14.4. The number of benzene rings is 1. The lowest BCUT2D eigenvalue weighted by Crippen LogP contribution is -2.42. The van der Waals surface area contributed by atoms with Crippen molar-refractivity contribution in [2.75, 3.05) is 26.2 Å². The maximum Gasteiger partial charge on any atom is 0.317 e. The molecule has 20 heavy (non-hydrogen) atoms. The average molecular weight is 276 g/mol. The van der Waals surface area contributed by atoms with Crippen molar-refractivity contribution < 1.29 is 9.90 Å². The summed E-state index contributed by atoms with van der Waals surface area (Å²) >= 11 is 0. The minimum absolute atomic E-state index is 0.0174. The number of aliphatic hydroxyl groups is 1. The Morgan fingerprint density at radius 3 is 2.75 bits per heavy atom. The molecule has 4 nitrogen and oxygen atoms in total. The Hall–Kier alpha value is -1.55. The summed E-state index contributed by atoms with van der Waals surface area (Å²) in [6, 6.07) is 10.4. The highest BCUT2D eigenvalue weighted by Gasteiger charge is 2.38. The Bertz CT molecular complexity index is 416. The van der Waals surface area contributed by atoms with E-state index in [0.717, 1.165) is 19.4 Å². The second kappa shape index (κ2) is 7.29. The van der Waals surface area contributed by atoms with E-state index in [1.54, 1.807) is 4.90 Å². The van der Waals surface area contributed by atoms with Crippen molar-refractivity contribution in [1.82, 2.24) is 10.2 Å². The molecule has 0 bridgehead atoms. The van der Waals surface area contributed by atoms with Crippen LogP contribution in [0, 0.1) is 5.92 Å². The lowest BCUT2D eigenvalue weighted by Gasteiger charge is -2.21. The largest absolute Gasteiger partial charge is 0.395 e. The average Bonchev–Trinajstić information content (AvgIpc) is 3.25. The fraction of sp³-hybridized carbons (Fsp3) is 0.562. The molecule has 2 N–H and O–H groups in total. The third kappa shape index (κ3) is 3.97. The van der Waals surface area contributed by atoms with Crippen molar-refractivity contribution in [3.8, 4) is 0 Å². The van der Waals surface area contributed by atoms with Gasteiger partial charge in [0.25, 0.3) is 0 Å². The van der Waals surface area contributed by atoms with Gasteiger partial charge in [-0.25, -0.2) is 4.79 Å². The third-order valence-corrected chi connectivity index (χ3v) is 3.82. The SMILES string of the molecule is CCCN(CCO)C(=O)NCC1CC1c1ccccc1. The van der Waals surface area contributed by atoms with Crippen molar-refractivity contribution in [1.29, 1.82) is 0 Å². The number of rotatable bonds is 7. The molecule has 0 heterocycles. The number of amides is 2. The van der Waals surface area contributed by atoms with E-state index in [-0.39, 0.29) is 12.6 Å². The van der Waals surface area contributed by atoms with E-state index in [0.29, 0.717) is 24.9 Å². The molecule has 1 aliphatic carbocycles. The molecule has 0 spiro atoms. The van der Waals surface area contributed by atoms with Crippen molar-refractivity contribution in [3.63, 3.8) is 0 Å². The predicted octanol–water partition coefficient (Wildman–Crippen LogP) is 2.20. The van der Waals surface area contributed by atoms with Crippen LogP contribution in [0.4, 0.5) is 4.79 Å². The molecule has 2 unspecified atom stereocenters. The summed E-state index contributed by atoms with van der Waals surface area (Å²) in [6.07, 6.45) is 2.06. The van der Waals surface area contributed by atoms with E-state index in [4.69, 9.17) is 5.11 Å². The molecule has 110 valence electrons. The van der Waals surface area contributed by atoms with Gasteiger partial charge in [-0.05, 0) is 30.2 Å². The summed E-state index contributed by atoms with van der Waals surface area (Å²) in [6.45, 7) is 3.88. The van der Waals surface area contributed by atoms with E-state index >= 15 is 0 Å². The third-order valence-electron chi connectivity index (χ3n) is 3.82. The minimum atomic E-state index is -0.0559. The number of carbonyl (C=O) groups is 1. The van der Waals surface area contributed by atoms with Crippen molar-refractivity contribution in [2.45, 2.75) is 25.7 Å². The Kier molecular flexibility index (Phi) is 5.41. The van der Waals surface area contributed by atoms with Crippen LogP contribution in [0.15, 0.2) is 30.3 Å². The number of nitrogens with one attached hydrogen (secondary N) is 1. The topological polar surface area (TPSA) is 52.6 Å². The van der Waals surface area contributed by atoms with Crippen LogP contribution in [0.25, 0.3) is 0 Å². The quantitative estimate of drug-likeness (QED) is 0.802. The van der Waals surface area contributed by atoms with Crippen molar-refractivity contribution >= 4 is 6.03 Å². The first-order valence-corrected chi connectivity index (χ1v) is 7.44. The summed E-state index contributed by atoms with van der Waals surface area (Å²) in [5.74, 6) is 1.15. The lowest BCUT2D eigenvalue weighted by atomic mass is 10.1. The zero-order valence-corrected chi connectivity index (χ0v) is 12.1.